The molecule has 110 valence electrons. The zero-order valence-corrected chi connectivity index (χ0v) is 11.8. The molecule has 0 fully saturated rings. The van der Waals surface area contributed by atoms with Crippen molar-refractivity contribution in [2.45, 2.75) is 18.4 Å². The predicted molar refractivity (Wildman–Crippen MR) is 83.7 cm³/mol. The van der Waals surface area contributed by atoms with Gasteiger partial charge in [-0.25, -0.2) is 0 Å². The first kappa shape index (κ1) is 13.0. The molecule has 0 saturated carbocycles. The third kappa shape index (κ3) is 1.97. The van der Waals surface area contributed by atoms with Crippen molar-refractivity contribution in [1.82, 2.24) is 4.98 Å². The summed E-state index contributed by atoms with van der Waals surface area (Å²) in [5.41, 5.74) is 3.15. The van der Waals surface area contributed by atoms with E-state index in [2.05, 4.69) is 22.5 Å². The van der Waals surface area contributed by atoms with Crippen molar-refractivity contribution in [3.63, 3.8) is 0 Å². The van der Waals surface area contributed by atoms with Gasteiger partial charge in [-0.2, -0.15) is 0 Å². The van der Waals surface area contributed by atoms with Crippen molar-refractivity contribution in [2.24, 2.45) is 5.92 Å². The number of benzene rings is 1. The third-order valence-corrected chi connectivity index (χ3v) is 4.56. The van der Waals surface area contributed by atoms with Gasteiger partial charge in [-0.1, -0.05) is 18.2 Å². The highest BCUT2D eigenvalue weighted by Crippen LogP contribution is 2.49. The second-order valence-electron chi connectivity index (χ2n) is 5.76. The molecule has 0 saturated heterocycles. The van der Waals surface area contributed by atoms with Crippen LogP contribution in [0, 0.1) is 16.0 Å². The number of rotatable bonds is 2. The number of allylic oxidation sites excluding steroid dienone is 2. The molecule has 2 aromatic rings. The van der Waals surface area contributed by atoms with Gasteiger partial charge in [0.15, 0.2) is 0 Å². The summed E-state index contributed by atoms with van der Waals surface area (Å²) in [6, 6.07) is 11.1. The molecule has 1 N–H and O–H groups in total. The number of pyridine rings is 1. The van der Waals surface area contributed by atoms with Crippen LogP contribution in [0.4, 0.5) is 11.4 Å². The van der Waals surface area contributed by atoms with E-state index in [0.29, 0.717) is 5.92 Å². The lowest BCUT2D eigenvalue weighted by atomic mass is 9.78. The smallest absolute Gasteiger partial charge is 0.269 e. The van der Waals surface area contributed by atoms with E-state index >= 15 is 0 Å². The van der Waals surface area contributed by atoms with E-state index in [0.717, 1.165) is 23.4 Å². The second kappa shape index (κ2) is 4.94. The highest BCUT2D eigenvalue weighted by atomic mass is 16.6. The molecule has 2 heterocycles. The average molecular weight is 293 g/mol. The molecule has 1 aromatic heterocycles. The van der Waals surface area contributed by atoms with Gasteiger partial charge in [-0.15, -0.1) is 0 Å². The number of nitrogens with zero attached hydrogens (tertiary/aromatic N) is 2. The molecule has 5 nitrogen and oxygen atoms in total. The topological polar surface area (TPSA) is 68.1 Å². The van der Waals surface area contributed by atoms with Crippen LogP contribution >= 0.6 is 0 Å². The molecule has 0 amide bonds. The Morgan fingerprint density at radius 1 is 1.27 bits per heavy atom. The molecule has 4 rings (SSSR count). The molecule has 22 heavy (non-hydrogen) atoms. The van der Waals surface area contributed by atoms with Crippen LogP contribution in [0.25, 0.3) is 0 Å². The van der Waals surface area contributed by atoms with Crippen molar-refractivity contribution in [1.29, 1.82) is 0 Å². The summed E-state index contributed by atoms with van der Waals surface area (Å²) in [6.45, 7) is 0. The highest BCUT2D eigenvalue weighted by Gasteiger charge is 2.39. The van der Waals surface area contributed by atoms with Crippen LogP contribution in [0.3, 0.4) is 0 Å². The summed E-state index contributed by atoms with van der Waals surface area (Å²) in [5, 5.41) is 14.5. The molecular weight excluding hydrogens is 278 g/mol. The van der Waals surface area contributed by atoms with Crippen LogP contribution in [-0.2, 0) is 0 Å². The molecule has 2 aliphatic rings. The minimum atomic E-state index is -0.335. The Balaban J connectivity index is 1.79. The Bertz CT molecular complexity index is 758. The number of nitro groups is 1. The Hall–Kier alpha value is -2.69. The SMILES string of the molecule is O=[N+]([O-])c1ccc2c(c1)[C@H]1C=CC[C@@H]1[C@H](c1ccccn1)N2. The van der Waals surface area contributed by atoms with Crippen LogP contribution in [0.5, 0.6) is 0 Å². The van der Waals surface area contributed by atoms with Gasteiger partial charge in [0.25, 0.3) is 5.69 Å². The summed E-state index contributed by atoms with van der Waals surface area (Å²) >= 11 is 0. The van der Waals surface area contributed by atoms with Crippen LogP contribution in [0.15, 0.2) is 54.7 Å². The largest absolute Gasteiger partial charge is 0.376 e. The quantitative estimate of drug-likeness (QED) is 0.519. The number of non-ortho nitro benzene ring substituents is 1. The molecule has 0 unspecified atom stereocenters. The first-order valence-corrected chi connectivity index (χ1v) is 7.36. The number of nitrogens with one attached hydrogen (secondary N) is 1. The van der Waals surface area contributed by atoms with Crippen molar-refractivity contribution < 1.29 is 4.92 Å². The van der Waals surface area contributed by atoms with Gasteiger partial charge in [-0.3, -0.25) is 15.1 Å². The Kier molecular flexibility index (Phi) is 2.92. The minimum Gasteiger partial charge on any atom is -0.376 e. The van der Waals surface area contributed by atoms with Crippen LogP contribution in [-0.4, -0.2) is 9.91 Å². The number of hydrogen-bond acceptors (Lipinski definition) is 4. The molecule has 1 aliphatic carbocycles. The van der Waals surface area contributed by atoms with Gasteiger partial charge in [0, 0.05) is 29.9 Å². The summed E-state index contributed by atoms with van der Waals surface area (Å²) in [5.74, 6) is 0.563. The summed E-state index contributed by atoms with van der Waals surface area (Å²) in [6.07, 6.45) is 7.10. The average Bonchev–Trinajstić information content (AvgIpc) is 3.04. The van der Waals surface area contributed by atoms with Crippen LogP contribution in [0.1, 0.15) is 29.6 Å². The zero-order valence-electron chi connectivity index (χ0n) is 11.8. The number of fused-ring (bicyclic) bond motifs is 3. The van der Waals surface area contributed by atoms with Crippen molar-refractivity contribution in [3.8, 4) is 0 Å². The van der Waals surface area contributed by atoms with Gasteiger partial charge in [-0.05, 0) is 36.1 Å². The van der Waals surface area contributed by atoms with E-state index in [4.69, 9.17) is 0 Å². The molecule has 1 aliphatic heterocycles. The fourth-order valence-corrected chi connectivity index (χ4v) is 3.55. The van der Waals surface area contributed by atoms with Crippen molar-refractivity contribution >= 4 is 11.4 Å². The zero-order chi connectivity index (χ0) is 15.1. The highest BCUT2D eigenvalue weighted by molar-refractivity contribution is 5.62. The lowest BCUT2D eigenvalue weighted by Crippen LogP contribution is -2.29. The molecule has 0 radical (unpaired) electrons. The van der Waals surface area contributed by atoms with Gasteiger partial charge >= 0.3 is 0 Å². The summed E-state index contributed by atoms with van der Waals surface area (Å²) in [4.78, 5) is 15.2. The molecule has 3 atom stereocenters. The molecule has 5 heteroatoms. The lowest BCUT2D eigenvalue weighted by Gasteiger charge is -2.36. The predicted octanol–water partition coefficient (Wildman–Crippen LogP) is 3.82. The van der Waals surface area contributed by atoms with Gasteiger partial charge in [0.05, 0.1) is 16.7 Å². The number of aromatic nitrogens is 1. The molecule has 1 aromatic carbocycles. The van der Waals surface area contributed by atoms with E-state index in [1.54, 1.807) is 18.3 Å². The maximum absolute atomic E-state index is 11.0. The van der Waals surface area contributed by atoms with E-state index in [1.165, 1.54) is 0 Å². The van der Waals surface area contributed by atoms with E-state index in [-0.39, 0.29) is 22.6 Å². The van der Waals surface area contributed by atoms with Gasteiger partial charge < -0.3 is 5.32 Å². The number of hydrogen-bond donors (Lipinski definition) is 1. The van der Waals surface area contributed by atoms with Crippen molar-refractivity contribution in [3.05, 3.63) is 76.1 Å². The normalized spacial score (nSPS) is 25.2. The van der Waals surface area contributed by atoms with E-state index < -0.39 is 0 Å². The fourth-order valence-electron chi connectivity index (χ4n) is 3.55. The molecule has 0 spiro atoms. The first-order chi connectivity index (χ1) is 10.7. The monoisotopic (exact) mass is 293 g/mol. The van der Waals surface area contributed by atoms with E-state index in [1.807, 2.05) is 24.3 Å². The van der Waals surface area contributed by atoms with Crippen LogP contribution < -0.4 is 5.32 Å². The first-order valence-electron chi connectivity index (χ1n) is 7.36. The Morgan fingerprint density at radius 3 is 2.95 bits per heavy atom. The number of anilines is 1. The second-order valence-corrected chi connectivity index (χ2v) is 5.76. The van der Waals surface area contributed by atoms with Crippen molar-refractivity contribution in [2.75, 3.05) is 5.32 Å². The number of nitro benzene ring substituents is 1. The maximum atomic E-state index is 11.0. The third-order valence-electron chi connectivity index (χ3n) is 4.56. The maximum Gasteiger partial charge on any atom is 0.269 e. The Labute approximate surface area is 127 Å². The summed E-state index contributed by atoms with van der Waals surface area (Å²) < 4.78 is 0. The molecule has 0 bridgehead atoms. The van der Waals surface area contributed by atoms with Gasteiger partial charge in [0.1, 0.15) is 0 Å². The summed E-state index contributed by atoms with van der Waals surface area (Å²) in [7, 11) is 0. The van der Waals surface area contributed by atoms with Gasteiger partial charge in [0.2, 0.25) is 0 Å². The van der Waals surface area contributed by atoms with E-state index in [9.17, 15) is 10.1 Å². The lowest BCUT2D eigenvalue weighted by molar-refractivity contribution is -0.384. The Morgan fingerprint density at radius 2 is 2.18 bits per heavy atom. The molecular formula is C17H15N3O2. The van der Waals surface area contributed by atoms with Crippen LogP contribution in [0.2, 0.25) is 0 Å². The fraction of sp³-hybridized carbons (Fsp3) is 0.235. The minimum absolute atomic E-state index is 0.134. The standard InChI is InChI=1S/C17H15N3O2/c21-20(22)11-7-8-15-14(10-11)12-4-3-5-13(12)17(19-15)16-6-1-2-9-18-16/h1-4,6-10,12-13,17,19H,5H2/t12-,13-,17+/m0/s1.